The Labute approximate surface area is 148 Å². The van der Waals surface area contributed by atoms with Gasteiger partial charge in [-0.05, 0) is 45.6 Å². The van der Waals surface area contributed by atoms with E-state index in [2.05, 4.69) is 9.72 Å². The third-order valence-corrected chi connectivity index (χ3v) is 3.89. The molecule has 138 valence electrons. The van der Waals surface area contributed by atoms with Crippen LogP contribution in [0.15, 0.2) is 18.3 Å². The molecule has 1 amide bonds. The quantitative estimate of drug-likeness (QED) is 0.777. The molecule has 0 spiro atoms. The van der Waals surface area contributed by atoms with Crippen molar-refractivity contribution in [2.24, 2.45) is 5.92 Å². The summed E-state index contributed by atoms with van der Waals surface area (Å²) in [6.07, 6.45) is 2.94. The van der Waals surface area contributed by atoms with Gasteiger partial charge in [0.2, 0.25) is 5.88 Å². The van der Waals surface area contributed by atoms with E-state index in [0.717, 1.165) is 12.8 Å². The van der Waals surface area contributed by atoms with Crippen LogP contribution in [0.1, 0.15) is 44.0 Å². The zero-order valence-corrected chi connectivity index (χ0v) is 15.3. The third-order valence-electron chi connectivity index (χ3n) is 3.89. The highest BCUT2D eigenvalue weighted by Gasteiger charge is 2.27. The summed E-state index contributed by atoms with van der Waals surface area (Å²) in [5, 5.41) is 0. The number of carbonyl (C=O) groups excluding carboxylic acids is 2. The van der Waals surface area contributed by atoms with Crippen LogP contribution in [0.5, 0.6) is 5.88 Å². The van der Waals surface area contributed by atoms with E-state index in [4.69, 9.17) is 9.47 Å². The van der Waals surface area contributed by atoms with Gasteiger partial charge in [0.1, 0.15) is 5.60 Å². The number of pyridine rings is 1. The summed E-state index contributed by atoms with van der Waals surface area (Å²) in [5.74, 6) is 0.317. The van der Waals surface area contributed by atoms with Crippen molar-refractivity contribution in [3.8, 4) is 5.88 Å². The molecule has 1 aromatic rings. The minimum absolute atomic E-state index is 0.265. The summed E-state index contributed by atoms with van der Waals surface area (Å²) >= 11 is 0. The predicted molar refractivity (Wildman–Crippen MR) is 91.6 cm³/mol. The third kappa shape index (κ3) is 5.92. The van der Waals surface area contributed by atoms with Crippen LogP contribution in [-0.2, 0) is 9.47 Å². The van der Waals surface area contributed by atoms with E-state index in [-0.39, 0.29) is 6.09 Å². The first-order chi connectivity index (χ1) is 11.8. The van der Waals surface area contributed by atoms with Gasteiger partial charge in [-0.3, -0.25) is 0 Å². The maximum absolute atomic E-state index is 12.0. The second-order valence-electron chi connectivity index (χ2n) is 7.10. The number of carbonyl (C=O) groups is 2. The second-order valence-corrected chi connectivity index (χ2v) is 7.10. The lowest BCUT2D eigenvalue weighted by Crippen LogP contribution is -2.42. The lowest BCUT2D eigenvalue weighted by Gasteiger charge is -2.33. The number of esters is 1. The molecule has 7 nitrogen and oxygen atoms in total. The van der Waals surface area contributed by atoms with Crippen LogP contribution in [0.25, 0.3) is 0 Å². The van der Waals surface area contributed by atoms with Gasteiger partial charge in [-0.15, -0.1) is 0 Å². The normalized spacial score (nSPS) is 15.6. The fraction of sp³-hybridized carbons (Fsp3) is 0.611. The molecule has 1 saturated heterocycles. The van der Waals surface area contributed by atoms with Crippen LogP contribution in [-0.4, -0.2) is 54.4 Å². The Morgan fingerprint density at radius 3 is 2.56 bits per heavy atom. The number of amides is 1. The fourth-order valence-electron chi connectivity index (χ4n) is 2.55. The molecule has 2 heterocycles. The molecule has 1 aliphatic heterocycles. The van der Waals surface area contributed by atoms with Gasteiger partial charge in [-0.1, -0.05) is 0 Å². The fourth-order valence-corrected chi connectivity index (χ4v) is 2.55. The first kappa shape index (κ1) is 19.0. The van der Waals surface area contributed by atoms with Gasteiger partial charge in [-0.25, -0.2) is 14.6 Å². The summed E-state index contributed by atoms with van der Waals surface area (Å²) in [4.78, 5) is 29.4. The molecule has 1 aliphatic rings. The first-order valence-corrected chi connectivity index (χ1v) is 8.43. The van der Waals surface area contributed by atoms with Crippen molar-refractivity contribution in [2.45, 2.75) is 39.2 Å². The van der Waals surface area contributed by atoms with Crippen molar-refractivity contribution in [3.05, 3.63) is 23.9 Å². The maximum atomic E-state index is 12.0. The Morgan fingerprint density at radius 1 is 1.28 bits per heavy atom. The summed E-state index contributed by atoms with van der Waals surface area (Å²) < 4.78 is 15.8. The van der Waals surface area contributed by atoms with Gasteiger partial charge in [0.05, 0.1) is 19.3 Å². The molecule has 1 fully saturated rings. The molecule has 7 heteroatoms. The van der Waals surface area contributed by atoms with E-state index in [0.29, 0.717) is 37.1 Å². The number of hydrogen-bond donors (Lipinski definition) is 0. The summed E-state index contributed by atoms with van der Waals surface area (Å²) in [7, 11) is 1.34. The Bertz CT molecular complexity index is 604. The molecule has 0 aromatic carbocycles. The van der Waals surface area contributed by atoms with Gasteiger partial charge in [0, 0.05) is 25.4 Å². The van der Waals surface area contributed by atoms with Gasteiger partial charge < -0.3 is 19.1 Å². The van der Waals surface area contributed by atoms with E-state index in [9.17, 15) is 9.59 Å². The molecular formula is C18H26N2O5. The molecule has 1 aromatic heterocycles. The van der Waals surface area contributed by atoms with Crippen molar-refractivity contribution < 1.29 is 23.8 Å². The number of rotatable bonds is 4. The highest BCUT2D eigenvalue weighted by molar-refractivity contribution is 5.89. The van der Waals surface area contributed by atoms with E-state index in [1.165, 1.54) is 13.3 Å². The molecule has 0 N–H and O–H groups in total. The van der Waals surface area contributed by atoms with E-state index < -0.39 is 11.6 Å². The van der Waals surface area contributed by atoms with Crippen LogP contribution in [0.2, 0.25) is 0 Å². The molecular weight excluding hydrogens is 324 g/mol. The molecule has 0 aliphatic carbocycles. The summed E-state index contributed by atoms with van der Waals surface area (Å²) in [6, 6.07) is 3.15. The number of aromatic nitrogens is 1. The van der Waals surface area contributed by atoms with E-state index in [1.807, 2.05) is 20.8 Å². The predicted octanol–water partition coefficient (Wildman–Crippen LogP) is 2.89. The van der Waals surface area contributed by atoms with E-state index in [1.54, 1.807) is 17.0 Å². The largest absolute Gasteiger partial charge is 0.477 e. The standard InChI is InChI=1S/C18H26N2O5/c1-18(2,3)25-17(22)20-9-6-13(7-10-20)12-24-15-11-14(5-8-19-15)16(21)23-4/h5,8,11,13H,6-7,9-10,12H2,1-4H3. The van der Waals surface area contributed by atoms with E-state index >= 15 is 0 Å². The number of piperidine rings is 1. The zero-order valence-electron chi connectivity index (χ0n) is 15.3. The minimum atomic E-state index is -0.479. The Hall–Kier alpha value is -2.31. The van der Waals surface area contributed by atoms with Crippen molar-refractivity contribution in [1.82, 2.24) is 9.88 Å². The van der Waals surface area contributed by atoms with Crippen LogP contribution in [0.3, 0.4) is 0 Å². The highest BCUT2D eigenvalue weighted by Crippen LogP contribution is 2.21. The Balaban J connectivity index is 1.79. The topological polar surface area (TPSA) is 78.0 Å². The number of methoxy groups -OCH3 is 1. The molecule has 0 radical (unpaired) electrons. The zero-order chi connectivity index (χ0) is 18.4. The lowest BCUT2D eigenvalue weighted by atomic mass is 9.98. The molecule has 0 bridgehead atoms. The maximum Gasteiger partial charge on any atom is 0.410 e. The lowest BCUT2D eigenvalue weighted by molar-refractivity contribution is 0.0164. The molecule has 0 atom stereocenters. The number of nitrogens with zero attached hydrogens (tertiary/aromatic N) is 2. The van der Waals surface area contributed by atoms with Crippen LogP contribution >= 0.6 is 0 Å². The number of ether oxygens (including phenoxy) is 3. The van der Waals surface area contributed by atoms with Crippen LogP contribution in [0, 0.1) is 5.92 Å². The molecule has 0 unspecified atom stereocenters. The first-order valence-electron chi connectivity index (χ1n) is 8.43. The van der Waals surface area contributed by atoms with Crippen LogP contribution in [0.4, 0.5) is 4.79 Å². The molecule has 2 rings (SSSR count). The summed E-state index contributed by atoms with van der Waals surface area (Å²) in [6.45, 7) is 7.39. The average molecular weight is 350 g/mol. The van der Waals surface area contributed by atoms with Gasteiger partial charge in [0.25, 0.3) is 0 Å². The Kier molecular flexibility index (Phi) is 6.22. The van der Waals surface area contributed by atoms with Gasteiger partial charge in [-0.2, -0.15) is 0 Å². The van der Waals surface area contributed by atoms with Crippen LogP contribution < -0.4 is 4.74 Å². The van der Waals surface area contributed by atoms with Gasteiger partial charge >= 0.3 is 12.1 Å². The average Bonchev–Trinajstić information content (AvgIpc) is 2.58. The minimum Gasteiger partial charge on any atom is -0.477 e. The smallest absolute Gasteiger partial charge is 0.410 e. The molecule has 25 heavy (non-hydrogen) atoms. The molecule has 0 saturated carbocycles. The van der Waals surface area contributed by atoms with Crippen molar-refractivity contribution in [1.29, 1.82) is 0 Å². The highest BCUT2D eigenvalue weighted by atomic mass is 16.6. The Morgan fingerprint density at radius 2 is 1.96 bits per heavy atom. The number of hydrogen-bond acceptors (Lipinski definition) is 6. The monoisotopic (exact) mass is 350 g/mol. The SMILES string of the molecule is COC(=O)c1ccnc(OCC2CCN(C(=O)OC(C)(C)C)CC2)c1. The second kappa shape index (κ2) is 8.18. The van der Waals surface area contributed by atoms with Gasteiger partial charge in [0.15, 0.2) is 0 Å². The summed E-state index contributed by atoms with van der Waals surface area (Å²) in [5.41, 5.74) is -0.0693. The van der Waals surface area contributed by atoms with Crippen molar-refractivity contribution in [3.63, 3.8) is 0 Å². The van der Waals surface area contributed by atoms with Crippen molar-refractivity contribution >= 4 is 12.1 Å². The van der Waals surface area contributed by atoms with Crippen molar-refractivity contribution in [2.75, 3.05) is 26.8 Å². The number of likely N-dealkylation sites (tertiary alicyclic amines) is 1.